The maximum atomic E-state index is 11.6. The number of hydrogen-bond donors (Lipinski definition) is 1. The Morgan fingerprint density at radius 3 is 3.05 bits per heavy atom. The van der Waals surface area contributed by atoms with E-state index in [9.17, 15) is 4.79 Å². The van der Waals surface area contributed by atoms with Gasteiger partial charge in [-0.1, -0.05) is 11.6 Å². The van der Waals surface area contributed by atoms with Crippen LogP contribution in [0.4, 0.5) is 5.69 Å². The van der Waals surface area contributed by atoms with Crippen LogP contribution in [0.3, 0.4) is 0 Å². The van der Waals surface area contributed by atoms with Crippen molar-refractivity contribution in [2.24, 2.45) is 5.92 Å². The van der Waals surface area contributed by atoms with Crippen LogP contribution in [0, 0.1) is 5.92 Å². The van der Waals surface area contributed by atoms with Crippen LogP contribution in [0.15, 0.2) is 30.5 Å². The van der Waals surface area contributed by atoms with Gasteiger partial charge in [-0.25, -0.2) is 0 Å². The van der Waals surface area contributed by atoms with Crippen LogP contribution in [0.25, 0.3) is 10.9 Å². The van der Waals surface area contributed by atoms with E-state index < -0.39 is 0 Å². The Labute approximate surface area is 128 Å². The van der Waals surface area contributed by atoms with Gasteiger partial charge in [-0.3, -0.25) is 9.78 Å². The molecule has 110 valence electrons. The molecule has 0 aliphatic heterocycles. The normalized spacial score (nSPS) is 21.4. The Morgan fingerprint density at radius 1 is 1.38 bits per heavy atom. The second-order valence-corrected chi connectivity index (χ2v) is 5.83. The lowest BCUT2D eigenvalue weighted by Gasteiger charge is -2.16. The molecule has 2 atom stereocenters. The predicted octanol–water partition coefficient (Wildman–Crippen LogP) is 3.64. The molecule has 4 nitrogen and oxygen atoms in total. The number of esters is 1. The molecular weight excluding hydrogens is 288 g/mol. The number of methoxy groups -OCH3 is 1. The number of carbonyl (C=O) groups excluding carboxylic acids is 1. The van der Waals surface area contributed by atoms with Crippen molar-refractivity contribution < 1.29 is 9.53 Å². The lowest BCUT2D eigenvalue weighted by molar-refractivity contribution is -0.145. The van der Waals surface area contributed by atoms with Gasteiger partial charge in [0.05, 0.1) is 18.5 Å². The minimum atomic E-state index is -0.109. The van der Waals surface area contributed by atoms with Crippen LogP contribution in [-0.4, -0.2) is 24.1 Å². The Bertz CT molecular complexity index is 674. The summed E-state index contributed by atoms with van der Waals surface area (Å²) in [4.78, 5) is 15.9. The number of pyridine rings is 1. The summed E-state index contributed by atoms with van der Waals surface area (Å²) in [5, 5.41) is 5.21. The predicted molar refractivity (Wildman–Crippen MR) is 83.5 cm³/mol. The van der Waals surface area contributed by atoms with Gasteiger partial charge < -0.3 is 10.1 Å². The van der Waals surface area contributed by atoms with E-state index in [4.69, 9.17) is 16.3 Å². The molecule has 0 unspecified atom stereocenters. The molecule has 3 rings (SSSR count). The standard InChI is InChI=1S/C16H17ClN2O2/c1-21-16(20)10-2-4-12(8-10)19-15-6-7-18-14-5-3-11(17)9-13(14)15/h3,5-7,9-10,12H,2,4,8H2,1H3,(H,18,19)/t10-,12+/m0/s1. The molecule has 1 aromatic carbocycles. The number of aromatic nitrogens is 1. The highest BCUT2D eigenvalue weighted by atomic mass is 35.5. The third-order valence-corrected chi connectivity index (χ3v) is 4.27. The molecule has 0 bridgehead atoms. The van der Waals surface area contributed by atoms with E-state index in [0.717, 1.165) is 35.9 Å². The molecule has 1 aromatic heterocycles. The molecular formula is C16H17ClN2O2. The SMILES string of the molecule is COC(=O)[C@H]1CC[C@@H](Nc2ccnc3ccc(Cl)cc23)C1. The maximum absolute atomic E-state index is 11.6. The third kappa shape index (κ3) is 2.95. The first-order valence-corrected chi connectivity index (χ1v) is 7.44. The van der Waals surface area contributed by atoms with E-state index in [0.29, 0.717) is 5.02 Å². The van der Waals surface area contributed by atoms with Gasteiger partial charge in [0.25, 0.3) is 0 Å². The number of anilines is 1. The molecule has 1 aliphatic rings. The highest BCUT2D eigenvalue weighted by molar-refractivity contribution is 6.31. The van der Waals surface area contributed by atoms with Crippen molar-refractivity contribution in [2.75, 3.05) is 12.4 Å². The number of ether oxygens (including phenoxy) is 1. The van der Waals surface area contributed by atoms with E-state index in [1.165, 1.54) is 7.11 Å². The monoisotopic (exact) mass is 304 g/mol. The summed E-state index contributed by atoms with van der Waals surface area (Å²) in [6, 6.07) is 7.89. The first-order chi connectivity index (χ1) is 10.2. The lowest BCUT2D eigenvalue weighted by atomic mass is 10.1. The molecule has 0 saturated heterocycles. The number of nitrogens with one attached hydrogen (secondary N) is 1. The van der Waals surface area contributed by atoms with Crippen molar-refractivity contribution in [3.63, 3.8) is 0 Å². The molecule has 1 aliphatic carbocycles. The fraction of sp³-hybridized carbons (Fsp3) is 0.375. The van der Waals surface area contributed by atoms with Crippen LogP contribution >= 0.6 is 11.6 Å². The van der Waals surface area contributed by atoms with Crippen LogP contribution in [0.5, 0.6) is 0 Å². The first-order valence-electron chi connectivity index (χ1n) is 7.06. The summed E-state index contributed by atoms with van der Waals surface area (Å²) in [7, 11) is 1.45. The second kappa shape index (κ2) is 5.90. The van der Waals surface area contributed by atoms with Crippen molar-refractivity contribution in [1.29, 1.82) is 0 Å². The molecule has 0 radical (unpaired) electrons. The average Bonchev–Trinajstić information content (AvgIpc) is 2.95. The van der Waals surface area contributed by atoms with Crippen molar-refractivity contribution in [2.45, 2.75) is 25.3 Å². The van der Waals surface area contributed by atoms with Gasteiger partial charge in [-0.2, -0.15) is 0 Å². The maximum Gasteiger partial charge on any atom is 0.308 e. The smallest absolute Gasteiger partial charge is 0.308 e. The minimum Gasteiger partial charge on any atom is -0.469 e. The summed E-state index contributed by atoms with van der Waals surface area (Å²) < 4.78 is 4.82. The molecule has 1 saturated carbocycles. The quantitative estimate of drug-likeness (QED) is 0.880. The fourth-order valence-electron chi connectivity index (χ4n) is 2.96. The van der Waals surface area contributed by atoms with Gasteiger partial charge in [0, 0.05) is 28.3 Å². The van der Waals surface area contributed by atoms with E-state index >= 15 is 0 Å². The zero-order chi connectivity index (χ0) is 14.8. The minimum absolute atomic E-state index is 0.00388. The fourth-order valence-corrected chi connectivity index (χ4v) is 3.13. The number of fused-ring (bicyclic) bond motifs is 1. The molecule has 2 aromatic rings. The molecule has 0 amide bonds. The van der Waals surface area contributed by atoms with E-state index in [1.807, 2.05) is 24.3 Å². The van der Waals surface area contributed by atoms with E-state index in [-0.39, 0.29) is 17.9 Å². The first kappa shape index (κ1) is 14.1. The Balaban J connectivity index is 1.80. The van der Waals surface area contributed by atoms with Crippen molar-refractivity contribution in [3.8, 4) is 0 Å². The van der Waals surface area contributed by atoms with Gasteiger partial charge in [-0.15, -0.1) is 0 Å². The molecule has 5 heteroatoms. The Morgan fingerprint density at radius 2 is 2.24 bits per heavy atom. The summed E-state index contributed by atoms with van der Waals surface area (Å²) >= 11 is 6.07. The number of nitrogens with zero attached hydrogens (tertiary/aromatic N) is 1. The topological polar surface area (TPSA) is 51.2 Å². The molecule has 21 heavy (non-hydrogen) atoms. The number of rotatable bonds is 3. The van der Waals surface area contributed by atoms with Crippen molar-refractivity contribution >= 4 is 34.2 Å². The summed E-state index contributed by atoms with van der Waals surface area (Å²) in [6.07, 6.45) is 4.42. The summed E-state index contributed by atoms with van der Waals surface area (Å²) in [6.45, 7) is 0. The molecule has 0 spiro atoms. The van der Waals surface area contributed by atoms with Crippen molar-refractivity contribution in [3.05, 3.63) is 35.5 Å². The van der Waals surface area contributed by atoms with Gasteiger partial charge >= 0.3 is 5.97 Å². The summed E-state index contributed by atoms with van der Waals surface area (Å²) in [5.74, 6) is -0.105. The lowest BCUT2D eigenvalue weighted by Crippen LogP contribution is -2.19. The number of carbonyl (C=O) groups is 1. The largest absolute Gasteiger partial charge is 0.469 e. The number of halogens is 1. The van der Waals surface area contributed by atoms with Crippen LogP contribution < -0.4 is 5.32 Å². The molecule has 1 heterocycles. The van der Waals surface area contributed by atoms with Crippen LogP contribution in [0.1, 0.15) is 19.3 Å². The Kier molecular flexibility index (Phi) is 3.97. The summed E-state index contributed by atoms with van der Waals surface area (Å²) in [5.41, 5.74) is 1.92. The van der Waals surface area contributed by atoms with Gasteiger partial charge in [0.2, 0.25) is 0 Å². The number of benzene rings is 1. The van der Waals surface area contributed by atoms with Crippen molar-refractivity contribution in [1.82, 2.24) is 4.98 Å². The van der Waals surface area contributed by atoms with Gasteiger partial charge in [-0.05, 0) is 43.5 Å². The Hall–Kier alpha value is -1.81. The van der Waals surface area contributed by atoms with Gasteiger partial charge in [0.15, 0.2) is 0 Å². The highest BCUT2D eigenvalue weighted by Crippen LogP contribution is 2.31. The van der Waals surface area contributed by atoms with E-state index in [2.05, 4.69) is 10.3 Å². The number of hydrogen-bond acceptors (Lipinski definition) is 4. The zero-order valence-corrected chi connectivity index (χ0v) is 12.6. The average molecular weight is 305 g/mol. The second-order valence-electron chi connectivity index (χ2n) is 5.39. The van der Waals surface area contributed by atoms with Crippen LogP contribution in [-0.2, 0) is 9.53 Å². The van der Waals surface area contributed by atoms with Gasteiger partial charge in [0.1, 0.15) is 0 Å². The van der Waals surface area contributed by atoms with Crippen LogP contribution in [0.2, 0.25) is 5.02 Å². The molecule has 1 fully saturated rings. The zero-order valence-electron chi connectivity index (χ0n) is 11.8. The highest BCUT2D eigenvalue weighted by Gasteiger charge is 2.30. The third-order valence-electron chi connectivity index (χ3n) is 4.03. The molecule has 1 N–H and O–H groups in total. The van der Waals surface area contributed by atoms with E-state index in [1.54, 1.807) is 6.20 Å².